The molecule has 0 bridgehead atoms. The highest BCUT2D eigenvalue weighted by molar-refractivity contribution is 4.84. The van der Waals surface area contributed by atoms with Crippen molar-refractivity contribution in [3.63, 3.8) is 0 Å². The maximum atomic E-state index is 5.26. The zero-order chi connectivity index (χ0) is 12.1. The summed E-state index contributed by atoms with van der Waals surface area (Å²) < 4.78 is 5.26. The van der Waals surface area contributed by atoms with E-state index in [1.165, 1.54) is 44.9 Å². The smallest absolute Gasteiger partial charge is 0.0605 e. The van der Waals surface area contributed by atoms with Crippen LogP contribution in [0.15, 0.2) is 12.2 Å². The number of methoxy groups -OCH3 is 1. The van der Waals surface area contributed by atoms with Crippen molar-refractivity contribution in [2.24, 2.45) is 0 Å². The summed E-state index contributed by atoms with van der Waals surface area (Å²) in [5.74, 6) is 0. The van der Waals surface area contributed by atoms with Crippen molar-refractivity contribution in [1.29, 1.82) is 0 Å². The lowest BCUT2D eigenvalue weighted by Gasteiger charge is -2.08. The number of ether oxygens (including phenoxy) is 1. The van der Waals surface area contributed by atoms with E-state index in [1.807, 2.05) is 0 Å². The van der Waals surface area contributed by atoms with Crippen molar-refractivity contribution in [2.75, 3.05) is 7.11 Å². The molecule has 1 nitrogen and oxygen atoms in total. The summed E-state index contributed by atoms with van der Waals surface area (Å²) in [6.45, 7) is 6.12. The predicted octanol–water partition coefficient (Wildman–Crippen LogP) is 4.92. The highest BCUT2D eigenvalue weighted by Crippen LogP contribution is 2.08. The van der Waals surface area contributed by atoms with Gasteiger partial charge in [0, 0.05) is 7.11 Å². The minimum absolute atomic E-state index is 0.306. The summed E-state index contributed by atoms with van der Waals surface area (Å²) in [5, 5.41) is 0. The average Bonchev–Trinajstić information content (AvgIpc) is 2.32. The van der Waals surface area contributed by atoms with E-state index in [1.54, 1.807) is 7.11 Å². The first-order chi connectivity index (χ1) is 7.85. The molecule has 0 aromatic heterocycles. The van der Waals surface area contributed by atoms with Crippen LogP contribution < -0.4 is 0 Å². The normalized spacial score (nSPS) is 13.4. The summed E-state index contributed by atoms with van der Waals surface area (Å²) in [7, 11) is 1.76. The summed E-state index contributed by atoms with van der Waals surface area (Å²) in [6, 6.07) is 0. The van der Waals surface area contributed by atoms with Crippen LogP contribution in [0.1, 0.15) is 64.7 Å². The van der Waals surface area contributed by atoms with Gasteiger partial charge in [0.2, 0.25) is 0 Å². The fourth-order valence-electron chi connectivity index (χ4n) is 1.74. The van der Waals surface area contributed by atoms with E-state index in [9.17, 15) is 0 Å². The van der Waals surface area contributed by atoms with Crippen LogP contribution in [0.2, 0.25) is 0 Å². The van der Waals surface area contributed by atoms with Crippen LogP contribution in [0.3, 0.4) is 0 Å². The second-order valence-electron chi connectivity index (χ2n) is 4.41. The molecule has 0 aromatic carbocycles. The van der Waals surface area contributed by atoms with Crippen molar-refractivity contribution in [3.8, 4) is 0 Å². The van der Waals surface area contributed by atoms with Crippen LogP contribution in [-0.2, 0) is 4.74 Å². The Labute approximate surface area is 102 Å². The molecule has 0 fully saturated rings. The van der Waals surface area contributed by atoms with E-state index < -0.39 is 0 Å². The zero-order valence-corrected chi connectivity index (χ0v) is 11.2. The molecule has 1 unspecified atom stereocenters. The highest BCUT2D eigenvalue weighted by atomic mass is 16.5. The Bertz CT molecular complexity index is 148. The fourth-order valence-corrected chi connectivity index (χ4v) is 1.74. The lowest BCUT2D eigenvalue weighted by atomic mass is 10.1. The molecule has 0 N–H and O–H groups in total. The molecular formula is C15H29O. The first kappa shape index (κ1) is 15.7. The first-order valence-electron chi connectivity index (χ1n) is 6.82. The molecule has 95 valence electrons. The van der Waals surface area contributed by atoms with Crippen LogP contribution in [-0.4, -0.2) is 13.2 Å². The van der Waals surface area contributed by atoms with Gasteiger partial charge in [0.15, 0.2) is 0 Å². The van der Waals surface area contributed by atoms with Gasteiger partial charge in [-0.25, -0.2) is 0 Å². The van der Waals surface area contributed by atoms with Crippen molar-refractivity contribution in [3.05, 3.63) is 19.1 Å². The number of unbranched alkanes of at least 4 members (excludes halogenated alkanes) is 6. The van der Waals surface area contributed by atoms with Gasteiger partial charge in [0.05, 0.1) is 6.10 Å². The third-order valence-corrected chi connectivity index (χ3v) is 2.95. The van der Waals surface area contributed by atoms with Crippen molar-refractivity contribution in [1.82, 2.24) is 0 Å². The summed E-state index contributed by atoms with van der Waals surface area (Å²) in [6.07, 6.45) is 16.2. The monoisotopic (exact) mass is 225 g/mol. The van der Waals surface area contributed by atoms with E-state index in [-0.39, 0.29) is 0 Å². The van der Waals surface area contributed by atoms with Crippen LogP contribution in [0, 0.1) is 6.92 Å². The van der Waals surface area contributed by atoms with Crippen molar-refractivity contribution in [2.45, 2.75) is 70.8 Å². The van der Waals surface area contributed by atoms with Gasteiger partial charge in [-0.05, 0) is 25.7 Å². The molecule has 0 aliphatic heterocycles. The predicted molar refractivity (Wildman–Crippen MR) is 72.5 cm³/mol. The lowest BCUT2D eigenvalue weighted by molar-refractivity contribution is 0.107. The molecule has 0 aliphatic rings. The molecule has 0 spiro atoms. The molecule has 0 saturated carbocycles. The van der Waals surface area contributed by atoms with E-state index in [0.717, 1.165) is 12.8 Å². The SMILES string of the molecule is [CH2]CC(CC=CCCCCCCCC)OC. The Kier molecular flexibility index (Phi) is 12.5. The zero-order valence-electron chi connectivity index (χ0n) is 11.2. The van der Waals surface area contributed by atoms with Crippen LogP contribution >= 0.6 is 0 Å². The molecule has 0 heterocycles. The molecule has 1 atom stereocenters. The van der Waals surface area contributed by atoms with Crippen molar-refractivity contribution < 1.29 is 4.74 Å². The Balaban J connectivity index is 3.21. The molecule has 0 saturated heterocycles. The van der Waals surface area contributed by atoms with Gasteiger partial charge in [0.25, 0.3) is 0 Å². The Morgan fingerprint density at radius 1 is 1.06 bits per heavy atom. The van der Waals surface area contributed by atoms with Gasteiger partial charge in [-0.3, -0.25) is 0 Å². The van der Waals surface area contributed by atoms with Gasteiger partial charge in [0.1, 0.15) is 0 Å². The van der Waals surface area contributed by atoms with Crippen LogP contribution in [0.4, 0.5) is 0 Å². The molecular weight excluding hydrogens is 196 g/mol. The number of hydrogen-bond donors (Lipinski definition) is 0. The summed E-state index contributed by atoms with van der Waals surface area (Å²) in [5.41, 5.74) is 0. The largest absolute Gasteiger partial charge is 0.381 e. The van der Waals surface area contributed by atoms with Gasteiger partial charge in [-0.1, -0.05) is 58.1 Å². The second-order valence-corrected chi connectivity index (χ2v) is 4.41. The number of rotatable bonds is 11. The van der Waals surface area contributed by atoms with Gasteiger partial charge >= 0.3 is 0 Å². The van der Waals surface area contributed by atoms with E-state index in [2.05, 4.69) is 26.0 Å². The molecule has 16 heavy (non-hydrogen) atoms. The molecule has 0 aliphatic carbocycles. The van der Waals surface area contributed by atoms with E-state index in [4.69, 9.17) is 4.74 Å². The minimum atomic E-state index is 0.306. The minimum Gasteiger partial charge on any atom is -0.381 e. The average molecular weight is 225 g/mol. The molecule has 1 heteroatoms. The van der Waals surface area contributed by atoms with Crippen LogP contribution in [0.5, 0.6) is 0 Å². The molecule has 0 aromatic rings. The lowest BCUT2D eigenvalue weighted by Crippen LogP contribution is -2.06. The Hall–Kier alpha value is -0.300. The first-order valence-corrected chi connectivity index (χ1v) is 6.82. The topological polar surface area (TPSA) is 9.23 Å². The van der Waals surface area contributed by atoms with Gasteiger partial charge in [-0.2, -0.15) is 0 Å². The fraction of sp³-hybridized carbons (Fsp3) is 0.800. The van der Waals surface area contributed by atoms with Crippen molar-refractivity contribution >= 4 is 0 Å². The van der Waals surface area contributed by atoms with Gasteiger partial charge in [-0.15, -0.1) is 0 Å². The Morgan fingerprint density at radius 3 is 2.38 bits per heavy atom. The number of allylic oxidation sites excluding steroid dienone is 1. The number of hydrogen-bond acceptors (Lipinski definition) is 1. The highest BCUT2D eigenvalue weighted by Gasteiger charge is 1.99. The van der Waals surface area contributed by atoms with E-state index >= 15 is 0 Å². The quantitative estimate of drug-likeness (QED) is 0.358. The van der Waals surface area contributed by atoms with E-state index in [0.29, 0.717) is 6.10 Å². The van der Waals surface area contributed by atoms with Gasteiger partial charge < -0.3 is 4.74 Å². The maximum absolute atomic E-state index is 5.26. The Morgan fingerprint density at radius 2 is 1.75 bits per heavy atom. The maximum Gasteiger partial charge on any atom is 0.0605 e. The summed E-state index contributed by atoms with van der Waals surface area (Å²) >= 11 is 0. The summed E-state index contributed by atoms with van der Waals surface area (Å²) in [4.78, 5) is 0. The third kappa shape index (κ3) is 10.2. The molecule has 0 rings (SSSR count). The molecule has 0 amide bonds. The van der Waals surface area contributed by atoms with Crippen LogP contribution in [0.25, 0.3) is 0 Å². The second kappa shape index (κ2) is 12.8. The third-order valence-electron chi connectivity index (χ3n) is 2.95. The molecule has 1 radical (unpaired) electrons. The standard InChI is InChI=1S/C15H29O/c1-4-6-7-8-9-10-11-12-13-14-15(5-2)16-3/h12-13,15H,2,4-11,14H2,1,3H3.